The van der Waals surface area contributed by atoms with Crippen molar-refractivity contribution in [2.45, 2.75) is 32.6 Å². The van der Waals surface area contributed by atoms with E-state index in [1.54, 1.807) is 11.3 Å². The maximum absolute atomic E-state index is 11.2. The molecule has 2 rings (SSSR count). The van der Waals surface area contributed by atoms with Crippen LogP contribution in [0.15, 0.2) is 11.4 Å². The molecular formula is C13H19NOS. The third-order valence-corrected chi connectivity index (χ3v) is 4.51. The monoisotopic (exact) mass is 237 g/mol. The largest absolute Gasteiger partial charge is 0.366 e. The van der Waals surface area contributed by atoms with Crippen molar-refractivity contribution in [2.24, 2.45) is 5.92 Å². The zero-order valence-corrected chi connectivity index (χ0v) is 10.8. The Kier molecular flexibility index (Phi) is 3.64. The number of hydrogen-bond donors (Lipinski definition) is 0. The minimum absolute atomic E-state index is 0.450. The fourth-order valence-electron chi connectivity index (χ4n) is 2.41. The lowest BCUT2D eigenvalue weighted by Gasteiger charge is -2.27. The third kappa shape index (κ3) is 2.64. The van der Waals surface area contributed by atoms with Crippen LogP contribution in [-0.4, -0.2) is 19.4 Å². The Balaban J connectivity index is 1.90. The van der Waals surface area contributed by atoms with Crippen LogP contribution < -0.4 is 4.90 Å². The lowest BCUT2D eigenvalue weighted by molar-refractivity contribution is -0.120. The standard InChI is InChI=1S/C13H19NOS/c1-10-7-8-16-13(10)14(2)9-11-3-5-12(15)6-4-11/h7-8,11H,3-6,9H2,1-2H3. The molecule has 0 spiro atoms. The van der Waals surface area contributed by atoms with E-state index in [9.17, 15) is 4.79 Å². The van der Waals surface area contributed by atoms with Crippen LogP contribution in [-0.2, 0) is 4.79 Å². The number of aryl methyl sites for hydroxylation is 1. The first-order valence-electron chi connectivity index (χ1n) is 5.93. The SMILES string of the molecule is Cc1ccsc1N(C)CC1CCC(=O)CC1. The van der Waals surface area contributed by atoms with E-state index in [1.165, 1.54) is 10.6 Å². The number of ketones is 1. The molecule has 3 heteroatoms. The number of hydrogen-bond acceptors (Lipinski definition) is 3. The summed E-state index contributed by atoms with van der Waals surface area (Å²) in [4.78, 5) is 13.5. The molecule has 1 aliphatic rings. The molecule has 0 radical (unpaired) electrons. The minimum Gasteiger partial charge on any atom is -0.366 e. The third-order valence-electron chi connectivity index (χ3n) is 3.38. The molecule has 1 fully saturated rings. The summed E-state index contributed by atoms with van der Waals surface area (Å²) in [6.07, 6.45) is 3.74. The number of nitrogens with zero attached hydrogens (tertiary/aromatic N) is 1. The number of Topliss-reactive ketones (excluding diaryl/α,β-unsaturated/α-hetero) is 1. The van der Waals surface area contributed by atoms with Gasteiger partial charge in [-0.3, -0.25) is 4.79 Å². The summed E-state index contributed by atoms with van der Waals surface area (Å²) in [5.41, 5.74) is 1.36. The van der Waals surface area contributed by atoms with Gasteiger partial charge in [0.15, 0.2) is 0 Å². The van der Waals surface area contributed by atoms with Crippen LogP contribution >= 0.6 is 11.3 Å². The summed E-state index contributed by atoms with van der Waals surface area (Å²) in [7, 11) is 2.16. The molecular weight excluding hydrogens is 218 g/mol. The summed E-state index contributed by atoms with van der Waals surface area (Å²) in [5, 5.41) is 3.52. The highest BCUT2D eigenvalue weighted by Crippen LogP contribution is 2.29. The van der Waals surface area contributed by atoms with Gasteiger partial charge in [-0.05, 0) is 42.7 Å². The predicted molar refractivity (Wildman–Crippen MR) is 69.3 cm³/mol. The molecule has 16 heavy (non-hydrogen) atoms. The lowest BCUT2D eigenvalue weighted by Crippen LogP contribution is -2.28. The Morgan fingerprint density at radius 3 is 2.69 bits per heavy atom. The van der Waals surface area contributed by atoms with Crippen molar-refractivity contribution < 1.29 is 4.79 Å². The van der Waals surface area contributed by atoms with Gasteiger partial charge in [-0.25, -0.2) is 0 Å². The number of rotatable bonds is 3. The smallest absolute Gasteiger partial charge is 0.132 e. The zero-order chi connectivity index (χ0) is 11.5. The van der Waals surface area contributed by atoms with Gasteiger partial charge in [-0.2, -0.15) is 0 Å². The van der Waals surface area contributed by atoms with E-state index in [1.807, 2.05) is 0 Å². The molecule has 0 N–H and O–H groups in total. The van der Waals surface area contributed by atoms with Crippen molar-refractivity contribution in [1.29, 1.82) is 0 Å². The second-order valence-corrected chi connectivity index (χ2v) is 5.67. The maximum atomic E-state index is 11.2. The zero-order valence-electron chi connectivity index (χ0n) is 10.0. The number of carbonyl (C=O) groups excluding carboxylic acids is 1. The molecule has 0 saturated heterocycles. The summed E-state index contributed by atoms with van der Waals surface area (Å²) in [5.74, 6) is 1.15. The van der Waals surface area contributed by atoms with E-state index >= 15 is 0 Å². The average molecular weight is 237 g/mol. The molecule has 1 aliphatic carbocycles. The van der Waals surface area contributed by atoms with E-state index < -0.39 is 0 Å². The molecule has 0 bridgehead atoms. The van der Waals surface area contributed by atoms with Crippen LogP contribution in [0, 0.1) is 12.8 Å². The van der Waals surface area contributed by atoms with Crippen molar-refractivity contribution >= 4 is 22.1 Å². The molecule has 2 nitrogen and oxygen atoms in total. The van der Waals surface area contributed by atoms with Crippen molar-refractivity contribution in [3.05, 3.63) is 17.0 Å². The fraction of sp³-hybridized carbons (Fsp3) is 0.615. The molecule has 88 valence electrons. The topological polar surface area (TPSA) is 20.3 Å². The molecule has 0 amide bonds. The highest BCUT2D eigenvalue weighted by molar-refractivity contribution is 7.14. The van der Waals surface area contributed by atoms with Crippen molar-refractivity contribution in [2.75, 3.05) is 18.5 Å². The Morgan fingerprint density at radius 1 is 1.44 bits per heavy atom. The first kappa shape index (κ1) is 11.6. The first-order valence-corrected chi connectivity index (χ1v) is 6.81. The van der Waals surface area contributed by atoms with Gasteiger partial charge >= 0.3 is 0 Å². The highest BCUT2D eigenvalue weighted by Gasteiger charge is 2.20. The van der Waals surface area contributed by atoms with Crippen LogP contribution in [0.25, 0.3) is 0 Å². The van der Waals surface area contributed by atoms with Gasteiger partial charge < -0.3 is 4.90 Å². The summed E-state index contributed by atoms with van der Waals surface area (Å²) in [6, 6.07) is 2.17. The summed E-state index contributed by atoms with van der Waals surface area (Å²) in [6.45, 7) is 3.25. The van der Waals surface area contributed by atoms with Crippen molar-refractivity contribution in [1.82, 2.24) is 0 Å². The van der Waals surface area contributed by atoms with Crippen LogP contribution in [0.3, 0.4) is 0 Å². The maximum Gasteiger partial charge on any atom is 0.132 e. The molecule has 1 saturated carbocycles. The number of thiophene rings is 1. The van der Waals surface area contributed by atoms with Crippen LogP contribution in [0.4, 0.5) is 5.00 Å². The molecule has 1 aromatic heterocycles. The van der Waals surface area contributed by atoms with Gasteiger partial charge in [-0.1, -0.05) is 0 Å². The van der Waals surface area contributed by atoms with Crippen LogP contribution in [0.5, 0.6) is 0 Å². The lowest BCUT2D eigenvalue weighted by atomic mass is 9.88. The molecule has 0 aliphatic heterocycles. The van der Waals surface area contributed by atoms with E-state index in [4.69, 9.17) is 0 Å². The highest BCUT2D eigenvalue weighted by atomic mass is 32.1. The second kappa shape index (κ2) is 5.00. The van der Waals surface area contributed by atoms with Crippen LogP contribution in [0.2, 0.25) is 0 Å². The van der Waals surface area contributed by atoms with E-state index in [2.05, 4.69) is 30.3 Å². The average Bonchev–Trinajstić information content (AvgIpc) is 2.68. The number of anilines is 1. The molecule has 0 aromatic carbocycles. The summed E-state index contributed by atoms with van der Waals surface area (Å²) >= 11 is 1.81. The molecule has 1 heterocycles. The van der Waals surface area contributed by atoms with Gasteiger partial charge in [-0.15, -0.1) is 11.3 Å². The predicted octanol–water partition coefficient (Wildman–Crippen LogP) is 3.25. The molecule has 0 unspecified atom stereocenters. The van der Waals surface area contributed by atoms with Crippen molar-refractivity contribution in [3.63, 3.8) is 0 Å². The second-order valence-electron chi connectivity index (χ2n) is 4.77. The fourth-order valence-corrected chi connectivity index (χ4v) is 3.32. The Hall–Kier alpha value is -0.830. The first-order chi connectivity index (χ1) is 7.66. The van der Waals surface area contributed by atoms with Gasteiger partial charge in [0.05, 0.1) is 5.00 Å². The Morgan fingerprint density at radius 2 is 2.12 bits per heavy atom. The Bertz CT molecular complexity index is 362. The Labute approximate surface area is 101 Å². The van der Waals surface area contributed by atoms with E-state index in [0.29, 0.717) is 11.7 Å². The van der Waals surface area contributed by atoms with Gasteiger partial charge in [0.2, 0.25) is 0 Å². The quantitative estimate of drug-likeness (QED) is 0.804. The molecule has 1 aromatic rings. The van der Waals surface area contributed by atoms with Crippen LogP contribution in [0.1, 0.15) is 31.2 Å². The van der Waals surface area contributed by atoms with Gasteiger partial charge in [0.25, 0.3) is 0 Å². The van der Waals surface area contributed by atoms with E-state index in [-0.39, 0.29) is 0 Å². The van der Waals surface area contributed by atoms with E-state index in [0.717, 1.165) is 32.2 Å². The summed E-state index contributed by atoms with van der Waals surface area (Å²) < 4.78 is 0. The normalized spacial score (nSPS) is 17.8. The van der Waals surface area contributed by atoms with Gasteiger partial charge in [0, 0.05) is 26.4 Å². The minimum atomic E-state index is 0.450. The molecule has 0 atom stereocenters. The van der Waals surface area contributed by atoms with Crippen molar-refractivity contribution in [3.8, 4) is 0 Å². The van der Waals surface area contributed by atoms with Gasteiger partial charge in [0.1, 0.15) is 5.78 Å². The number of carbonyl (C=O) groups is 1.